The van der Waals surface area contributed by atoms with E-state index in [1.54, 1.807) is 0 Å². The van der Waals surface area contributed by atoms with Crippen LogP contribution in [0.25, 0.3) is 0 Å². The molecule has 0 spiro atoms. The second-order valence-electron chi connectivity index (χ2n) is 6.04. The van der Waals surface area contributed by atoms with Crippen molar-refractivity contribution < 1.29 is 4.74 Å². The highest BCUT2D eigenvalue weighted by Crippen LogP contribution is 2.28. The zero-order chi connectivity index (χ0) is 12.7. The highest BCUT2D eigenvalue weighted by Gasteiger charge is 2.31. The number of hydrogen-bond acceptors (Lipinski definition) is 3. The maximum Gasteiger partial charge on any atom is 0.0531 e. The largest absolute Gasteiger partial charge is 0.384 e. The van der Waals surface area contributed by atoms with Crippen molar-refractivity contribution in [2.75, 3.05) is 39.9 Å². The number of methoxy groups -OCH3 is 1. The van der Waals surface area contributed by atoms with Crippen LogP contribution in [0.4, 0.5) is 0 Å². The third-order valence-corrected chi connectivity index (χ3v) is 4.22. The second-order valence-corrected chi connectivity index (χ2v) is 6.04. The second kappa shape index (κ2) is 7.34. The molecule has 2 N–H and O–H groups in total. The van der Waals surface area contributed by atoms with Gasteiger partial charge in [0.25, 0.3) is 0 Å². The van der Waals surface area contributed by atoms with Crippen LogP contribution < -0.4 is 10.6 Å². The summed E-state index contributed by atoms with van der Waals surface area (Å²) >= 11 is 0. The van der Waals surface area contributed by atoms with E-state index in [2.05, 4.69) is 31.4 Å². The fourth-order valence-electron chi connectivity index (χ4n) is 2.44. The van der Waals surface area contributed by atoms with Gasteiger partial charge in [-0.25, -0.2) is 0 Å². The third-order valence-electron chi connectivity index (χ3n) is 4.22. The summed E-state index contributed by atoms with van der Waals surface area (Å²) < 4.78 is 5.42. The van der Waals surface area contributed by atoms with Crippen molar-refractivity contribution in [2.24, 2.45) is 17.3 Å². The molecular formula is C14H30N2O. The Balaban J connectivity index is 2.34. The van der Waals surface area contributed by atoms with Gasteiger partial charge in [-0.05, 0) is 44.3 Å². The molecule has 0 aromatic heterocycles. The van der Waals surface area contributed by atoms with Crippen LogP contribution in [0.15, 0.2) is 0 Å². The maximum atomic E-state index is 5.42. The van der Waals surface area contributed by atoms with Crippen LogP contribution in [0.3, 0.4) is 0 Å². The highest BCUT2D eigenvalue weighted by molar-refractivity contribution is 4.86. The minimum Gasteiger partial charge on any atom is -0.384 e. The molecule has 0 saturated carbocycles. The first kappa shape index (κ1) is 14.9. The molecule has 0 radical (unpaired) electrons. The summed E-state index contributed by atoms with van der Waals surface area (Å²) in [6, 6.07) is 0. The molecule has 0 aromatic rings. The van der Waals surface area contributed by atoms with Crippen LogP contribution in [0.2, 0.25) is 0 Å². The van der Waals surface area contributed by atoms with E-state index in [0.717, 1.165) is 44.6 Å². The Morgan fingerprint density at radius 1 is 1.24 bits per heavy atom. The molecule has 3 nitrogen and oxygen atoms in total. The summed E-state index contributed by atoms with van der Waals surface area (Å²) in [5, 5.41) is 7.09. The topological polar surface area (TPSA) is 33.3 Å². The van der Waals surface area contributed by atoms with Crippen LogP contribution in [-0.2, 0) is 4.74 Å². The lowest BCUT2D eigenvalue weighted by Gasteiger charge is -2.37. The predicted molar refractivity (Wildman–Crippen MR) is 73.3 cm³/mol. The first-order chi connectivity index (χ1) is 8.09. The van der Waals surface area contributed by atoms with Gasteiger partial charge in [0.2, 0.25) is 0 Å². The van der Waals surface area contributed by atoms with Gasteiger partial charge in [0, 0.05) is 19.1 Å². The molecule has 1 atom stereocenters. The minimum absolute atomic E-state index is 0.358. The number of piperidine rings is 1. The summed E-state index contributed by atoms with van der Waals surface area (Å²) in [5.74, 6) is 1.50. The number of ether oxygens (including phenoxy) is 1. The van der Waals surface area contributed by atoms with E-state index < -0.39 is 0 Å². The zero-order valence-electron chi connectivity index (χ0n) is 12.0. The van der Waals surface area contributed by atoms with Crippen molar-refractivity contribution in [3.05, 3.63) is 0 Å². The molecule has 1 aliphatic rings. The molecule has 1 fully saturated rings. The Hall–Kier alpha value is -0.120. The van der Waals surface area contributed by atoms with Gasteiger partial charge in [0.05, 0.1) is 6.61 Å². The zero-order valence-corrected chi connectivity index (χ0v) is 12.0. The first-order valence-corrected chi connectivity index (χ1v) is 7.00. The molecule has 1 heterocycles. The average molecular weight is 242 g/mol. The van der Waals surface area contributed by atoms with Crippen LogP contribution in [0.1, 0.15) is 33.6 Å². The maximum absolute atomic E-state index is 5.42. The summed E-state index contributed by atoms with van der Waals surface area (Å²) in [7, 11) is 1.82. The van der Waals surface area contributed by atoms with Crippen molar-refractivity contribution in [1.29, 1.82) is 0 Å². The average Bonchev–Trinajstić information content (AvgIpc) is 2.30. The normalized spacial score (nSPS) is 21.7. The van der Waals surface area contributed by atoms with Crippen LogP contribution >= 0.6 is 0 Å². The van der Waals surface area contributed by atoms with E-state index in [-0.39, 0.29) is 0 Å². The van der Waals surface area contributed by atoms with Crippen molar-refractivity contribution >= 4 is 0 Å². The molecule has 1 unspecified atom stereocenters. The molecule has 1 saturated heterocycles. The lowest BCUT2D eigenvalue weighted by Crippen LogP contribution is -2.46. The Labute approximate surface area is 107 Å². The fourth-order valence-corrected chi connectivity index (χ4v) is 2.44. The molecule has 0 aliphatic carbocycles. The van der Waals surface area contributed by atoms with E-state index in [1.807, 2.05) is 7.11 Å². The fraction of sp³-hybridized carbons (Fsp3) is 1.00. The van der Waals surface area contributed by atoms with E-state index in [4.69, 9.17) is 4.74 Å². The standard InChI is InChI=1S/C14H30N2O/c1-12(2)13(3)9-16-10-14(11-17-4)5-7-15-8-6-14/h12-13,15-16H,5-11H2,1-4H3. The number of rotatable bonds is 7. The van der Waals surface area contributed by atoms with Gasteiger partial charge in [-0.2, -0.15) is 0 Å². The van der Waals surface area contributed by atoms with E-state index in [0.29, 0.717) is 5.41 Å². The quantitative estimate of drug-likeness (QED) is 0.715. The Morgan fingerprint density at radius 3 is 2.41 bits per heavy atom. The molecule has 1 rings (SSSR count). The summed E-state index contributed by atoms with van der Waals surface area (Å²) in [6.45, 7) is 12.3. The number of nitrogens with one attached hydrogen (secondary N) is 2. The van der Waals surface area contributed by atoms with Crippen molar-refractivity contribution in [3.8, 4) is 0 Å². The van der Waals surface area contributed by atoms with Crippen molar-refractivity contribution in [3.63, 3.8) is 0 Å². The Morgan fingerprint density at radius 2 is 1.88 bits per heavy atom. The molecule has 102 valence electrons. The molecule has 17 heavy (non-hydrogen) atoms. The lowest BCUT2D eigenvalue weighted by molar-refractivity contribution is 0.0527. The Bertz CT molecular complexity index is 195. The smallest absolute Gasteiger partial charge is 0.0531 e. The summed E-state index contributed by atoms with van der Waals surface area (Å²) in [4.78, 5) is 0. The SMILES string of the molecule is COCC1(CNCC(C)C(C)C)CCNCC1. The van der Waals surface area contributed by atoms with Gasteiger partial charge in [-0.3, -0.25) is 0 Å². The lowest BCUT2D eigenvalue weighted by atomic mass is 9.79. The van der Waals surface area contributed by atoms with Crippen LogP contribution in [-0.4, -0.2) is 39.9 Å². The van der Waals surface area contributed by atoms with Gasteiger partial charge in [0.15, 0.2) is 0 Å². The van der Waals surface area contributed by atoms with E-state index in [9.17, 15) is 0 Å². The predicted octanol–water partition coefficient (Wildman–Crippen LogP) is 1.88. The molecule has 0 aromatic carbocycles. The molecule has 0 amide bonds. The van der Waals surface area contributed by atoms with Gasteiger partial charge < -0.3 is 15.4 Å². The Kier molecular flexibility index (Phi) is 6.45. The third kappa shape index (κ3) is 4.94. The monoisotopic (exact) mass is 242 g/mol. The number of hydrogen-bond donors (Lipinski definition) is 2. The van der Waals surface area contributed by atoms with Gasteiger partial charge in [0.1, 0.15) is 0 Å². The van der Waals surface area contributed by atoms with Crippen LogP contribution in [0, 0.1) is 17.3 Å². The van der Waals surface area contributed by atoms with Gasteiger partial charge >= 0.3 is 0 Å². The highest BCUT2D eigenvalue weighted by atomic mass is 16.5. The summed E-state index contributed by atoms with van der Waals surface area (Å²) in [6.07, 6.45) is 2.45. The van der Waals surface area contributed by atoms with E-state index >= 15 is 0 Å². The molecule has 0 bridgehead atoms. The minimum atomic E-state index is 0.358. The molecule has 3 heteroatoms. The molecular weight excluding hydrogens is 212 g/mol. The first-order valence-electron chi connectivity index (χ1n) is 7.00. The molecule has 1 aliphatic heterocycles. The van der Waals surface area contributed by atoms with E-state index in [1.165, 1.54) is 12.8 Å². The van der Waals surface area contributed by atoms with Gasteiger partial charge in [-0.1, -0.05) is 20.8 Å². The van der Waals surface area contributed by atoms with Gasteiger partial charge in [-0.15, -0.1) is 0 Å². The van der Waals surface area contributed by atoms with Crippen LogP contribution in [0.5, 0.6) is 0 Å². The van der Waals surface area contributed by atoms with Crippen molar-refractivity contribution in [1.82, 2.24) is 10.6 Å². The summed E-state index contributed by atoms with van der Waals surface area (Å²) in [5.41, 5.74) is 0.358. The van der Waals surface area contributed by atoms with Crippen molar-refractivity contribution in [2.45, 2.75) is 33.6 Å².